The van der Waals surface area contributed by atoms with E-state index < -0.39 is 0 Å². The van der Waals surface area contributed by atoms with E-state index in [0.717, 1.165) is 52.4 Å². The zero-order valence-corrected chi connectivity index (χ0v) is 38.0. The van der Waals surface area contributed by atoms with Crippen molar-refractivity contribution in [1.29, 1.82) is 0 Å². The summed E-state index contributed by atoms with van der Waals surface area (Å²) >= 11 is 0. The Labute approximate surface area is 379 Å². The molecule has 0 atom stereocenters. The topological polar surface area (TPSA) is 77.3 Å². The Hall–Kier alpha value is -5.56. The minimum Gasteiger partial charge on any atom is -0.448 e. The van der Waals surface area contributed by atoms with Gasteiger partial charge in [0, 0.05) is 58.2 Å². The van der Waals surface area contributed by atoms with E-state index in [0.29, 0.717) is 5.69 Å². The number of aromatic nitrogens is 6. The van der Waals surface area contributed by atoms with Crippen LogP contribution in [-0.2, 0) is 52.0 Å². The van der Waals surface area contributed by atoms with Gasteiger partial charge in [0.05, 0.1) is 29.1 Å². The number of benzene rings is 6. The molecular weight excluding hydrogens is 798 g/mol. The van der Waals surface area contributed by atoms with Crippen LogP contribution < -0.4 is 0 Å². The molecule has 59 heavy (non-hydrogen) atoms. The summed E-state index contributed by atoms with van der Waals surface area (Å²) in [6, 6.07) is 49.5. The maximum Gasteiger partial charge on any atom is 0.0892 e. The third kappa shape index (κ3) is 15.6. The second-order valence-electron chi connectivity index (χ2n) is 12.3. The molecule has 297 valence electrons. The molecule has 9 rings (SSSR count). The van der Waals surface area contributed by atoms with Crippen molar-refractivity contribution < 1.29 is 35.5 Å². The molecule has 0 aliphatic rings. The van der Waals surface area contributed by atoms with Crippen molar-refractivity contribution in [1.82, 2.24) is 29.9 Å². The van der Waals surface area contributed by atoms with E-state index >= 15 is 0 Å². The fraction of sp³-hybridized carbons (Fsp3) is 0.192. The SMILES string of the molecule is CC.CC.CC.[2H]Cc1cnc2ccc(Cc3ccccc3)cc2n1.[2H]c1cnc2ccc(Cc3ccccc3)cc2n1.[Y].[c-]1cnc2ccc(Cc3ccccc3)cc2n1. The van der Waals surface area contributed by atoms with Crippen LogP contribution in [0, 0.1) is 13.1 Å². The summed E-state index contributed by atoms with van der Waals surface area (Å²) in [5.41, 5.74) is 13.4. The summed E-state index contributed by atoms with van der Waals surface area (Å²) in [6.07, 6.45) is 10.4. The monoisotopic (exact) mass is 854 g/mol. The van der Waals surface area contributed by atoms with Gasteiger partial charge < -0.3 is 4.98 Å². The van der Waals surface area contributed by atoms with Gasteiger partial charge >= 0.3 is 0 Å². The third-order valence-corrected chi connectivity index (χ3v) is 8.38. The van der Waals surface area contributed by atoms with E-state index in [9.17, 15) is 0 Å². The minimum atomic E-state index is 0. The first-order valence-corrected chi connectivity index (χ1v) is 20.1. The first-order chi connectivity index (χ1) is 29.6. The molecule has 0 unspecified atom stereocenters. The van der Waals surface area contributed by atoms with Gasteiger partial charge in [-0.1, -0.05) is 168 Å². The molecule has 0 bridgehead atoms. The van der Waals surface area contributed by atoms with E-state index in [1.807, 2.05) is 108 Å². The molecule has 0 spiro atoms. The quantitative estimate of drug-likeness (QED) is 0.155. The molecule has 1 radical (unpaired) electrons. The maximum absolute atomic E-state index is 7.50. The Kier molecular flexibility index (Phi) is 20.5. The van der Waals surface area contributed by atoms with E-state index in [2.05, 4.69) is 115 Å². The van der Waals surface area contributed by atoms with Crippen molar-refractivity contribution in [2.45, 2.75) is 67.7 Å². The van der Waals surface area contributed by atoms with Crippen LogP contribution in [0.3, 0.4) is 0 Å². The largest absolute Gasteiger partial charge is 0.448 e. The van der Waals surface area contributed by atoms with Crippen LogP contribution in [0.5, 0.6) is 0 Å². The van der Waals surface area contributed by atoms with Gasteiger partial charge in [-0.15, -0.1) is 12.3 Å². The van der Waals surface area contributed by atoms with Gasteiger partial charge in [-0.05, 0) is 84.4 Å². The summed E-state index contributed by atoms with van der Waals surface area (Å²) in [7, 11) is 0. The normalized spacial score (nSPS) is 10.1. The average Bonchev–Trinajstić information content (AvgIpc) is 3.32. The number of nitrogens with zero attached hydrogens (tertiary/aromatic N) is 6. The number of hydrogen-bond donors (Lipinski definition) is 0. The smallest absolute Gasteiger partial charge is 0.0892 e. The van der Waals surface area contributed by atoms with E-state index in [1.165, 1.54) is 39.6 Å². The molecule has 0 aliphatic carbocycles. The van der Waals surface area contributed by atoms with Crippen molar-refractivity contribution in [3.63, 3.8) is 0 Å². The Morgan fingerprint density at radius 3 is 1.39 bits per heavy atom. The molecule has 6 nitrogen and oxygen atoms in total. The molecule has 6 aromatic carbocycles. The van der Waals surface area contributed by atoms with Gasteiger partial charge in [0.2, 0.25) is 0 Å². The standard InChI is InChI=1S/C16H14N2.C15H12N2.C15H11N2.3C2H6.Y/c1-12-11-17-15-8-7-14(10-16(15)18-12)9-13-5-3-2-4-6-13;2*1-2-4-12(5-3-1)10-13-6-7-14-15(11-13)17-9-8-16-14;3*1-2;/h2-8,10-11H,9H2,1H3;1-9,11H,10H2;1-8,11H,10H2;3*1-2H3;/q;;-1;;;;/i1D;9D;;;;;. The predicted octanol–water partition coefficient (Wildman–Crippen LogP) is 12.8. The number of fused-ring (bicyclic) bond motifs is 3. The van der Waals surface area contributed by atoms with Crippen molar-refractivity contribution in [3.05, 3.63) is 216 Å². The molecule has 3 heterocycles. The Balaban J connectivity index is 0.000000228. The van der Waals surface area contributed by atoms with Crippen LogP contribution in [0.2, 0.25) is 0 Å². The molecular formula is C52H55N6Y-. The van der Waals surface area contributed by atoms with Crippen LogP contribution in [0.25, 0.3) is 33.1 Å². The zero-order chi connectivity index (χ0) is 43.0. The van der Waals surface area contributed by atoms with Crippen LogP contribution in [-0.4, -0.2) is 29.9 Å². The van der Waals surface area contributed by atoms with Crippen molar-refractivity contribution >= 4 is 33.1 Å². The molecule has 0 fully saturated rings. The van der Waals surface area contributed by atoms with E-state index in [1.54, 1.807) is 12.4 Å². The fourth-order valence-corrected chi connectivity index (χ4v) is 5.85. The number of rotatable bonds is 6. The van der Waals surface area contributed by atoms with E-state index in [4.69, 9.17) is 2.74 Å². The molecule has 0 saturated carbocycles. The molecule has 9 aromatic rings. The summed E-state index contributed by atoms with van der Waals surface area (Å²) < 4.78 is 14.8. The molecule has 0 N–H and O–H groups in total. The van der Waals surface area contributed by atoms with Gasteiger partial charge in [0.1, 0.15) is 0 Å². The second-order valence-corrected chi connectivity index (χ2v) is 12.3. The summed E-state index contributed by atoms with van der Waals surface area (Å²) in [5, 5.41) is 0. The van der Waals surface area contributed by atoms with E-state index in [-0.39, 0.29) is 45.8 Å². The van der Waals surface area contributed by atoms with Gasteiger partial charge in [-0.2, -0.15) is 0 Å². The summed E-state index contributed by atoms with van der Waals surface area (Å²) in [5.74, 6) is 0. The van der Waals surface area contributed by atoms with Crippen LogP contribution in [0.4, 0.5) is 0 Å². The second kappa shape index (κ2) is 27.2. The Morgan fingerprint density at radius 2 is 0.898 bits per heavy atom. The fourth-order valence-electron chi connectivity index (χ4n) is 5.85. The number of aryl methyl sites for hydroxylation is 1. The van der Waals surface area contributed by atoms with Gasteiger partial charge in [-0.3, -0.25) is 19.9 Å². The van der Waals surface area contributed by atoms with Gasteiger partial charge in [-0.25, -0.2) is 4.98 Å². The molecule has 3 aromatic heterocycles. The van der Waals surface area contributed by atoms with Gasteiger partial charge in [0.15, 0.2) is 0 Å². The first kappa shape index (κ1) is 44.5. The van der Waals surface area contributed by atoms with Crippen molar-refractivity contribution in [3.8, 4) is 0 Å². The zero-order valence-electron chi connectivity index (χ0n) is 37.2. The van der Waals surface area contributed by atoms with Crippen LogP contribution >= 0.6 is 0 Å². The van der Waals surface area contributed by atoms with Crippen LogP contribution in [0.15, 0.2) is 170 Å². The van der Waals surface area contributed by atoms with Crippen LogP contribution in [0.1, 0.15) is 83.4 Å². The van der Waals surface area contributed by atoms with Crippen molar-refractivity contribution in [2.75, 3.05) is 0 Å². The third-order valence-electron chi connectivity index (χ3n) is 8.38. The van der Waals surface area contributed by atoms with Gasteiger partial charge in [0.25, 0.3) is 0 Å². The molecule has 7 heteroatoms. The average molecular weight is 855 g/mol. The molecule has 0 aliphatic heterocycles. The Morgan fingerprint density at radius 1 is 0.458 bits per heavy atom. The molecule has 0 amide bonds. The maximum atomic E-state index is 7.50. The molecule has 0 saturated heterocycles. The predicted molar refractivity (Wildman–Crippen MR) is 244 cm³/mol. The first-order valence-electron chi connectivity index (χ1n) is 21.3. The van der Waals surface area contributed by atoms with Crippen molar-refractivity contribution in [2.24, 2.45) is 0 Å². The Bertz CT molecular complexity index is 2600. The number of hydrogen-bond acceptors (Lipinski definition) is 6. The minimum absolute atomic E-state index is 0. The summed E-state index contributed by atoms with van der Waals surface area (Å²) in [6.45, 7) is 12.2. The summed E-state index contributed by atoms with van der Waals surface area (Å²) in [4.78, 5) is 25.5.